The van der Waals surface area contributed by atoms with Crippen LogP contribution in [0.1, 0.15) is 146 Å². The molecule has 0 unspecified atom stereocenters. The molecular weight excluding hydrogens is 1110 g/mol. The van der Waals surface area contributed by atoms with Gasteiger partial charge in [-0.2, -0.15) is 0 Å². The van der Waals surface area contributed by atoms with E-state index in [4.69, 9.17) is 33.2 Å². The molecule has 0 bridgehead atoms. The number of esters is 1. The van der Waals surface area contributed by atoms with Crippen LogP contribution in [0.25, 0.3) is 0 Å². The number of rotatable bonds is 21. The quantitative estimate of drug-likeness (QED) is 0.0632. The van der Waals surface area contributed by atoms with Crippen molar-refractivity contribution >= 4 is 29.9 Å². The van der Waals surface area contributed by atoms with Gasteiger partial charge >= 0.3 is 12.1 Å². The molecule has 18 atom stereocenters. The molecule has 458 valence electrons. The number of ether oxygens (including phenoxy) is 7. The molecule has 2 aromatic rings. The van der Waals surface area contributed by atoms with E-state index in [1.807, 2.05) is 58.6 Å². The van der Waals surface area contributed by atoms with Gasteiger partial charge in [0.25, 0.3) is 0 Å². The Hall–Kier alpha value is -2.35. The van der Waals surface area contributed by atoms with Crippen LogP contribution in [0.3, 0.4) is 0 Å². The van der Waals surface area contributed by atoms with Crippen LogP contribution in [0.5, 0.6) is 0 Å². The monoisotopic (exact) mass is 1210 g/mol. The third-order valence-corrected chi connectivity index (χ3v) is 21.9. The second kappa shape index (κ2) is 31.7. The maximum Gasteiger partial charge on any atom is 0.407 e. The van der Waals surface area contributed by atoms with E-state index in [2.05, 4.69) is 72.6 Å². The SMILES string of the molecule is CC[C@H]1OC(=O)[C@H](C)[C@@H](O[C@H]2C[C@@](C)(OC)[C@@H](O)[C@H](C)O2)[C@H](C)[C@@H](O[C@@H]2O[C@H](C)C[C@H](N(C)C)[C@H]2O)[C@](C)(O)C[C@@H](C)CN(C)[C@H](C)[C@@H](OC(=O)NCCCCCCCCCC[P+](C)(c2ccccc2)c2ccccc2)[C@]1(C)O.[Br-]. The average molecular weight is 1210 g/mol. The van der Waals surface area contributed by atoms with Gasteiger partial charge in [-0.3, -0.25) is 9.69 Å². The van der Waals surface area contributed by atoms with E-state index in [1.54, 1.807) is 41.5 Å². The average Bonchev–Trinajstić information content (AvgIpc) is 3.40. The number of aliphatic hydroxyl groups excluding tert-OH is 2. The zero-order valence-electron chi connectivity index (χ0n) is 51.2. The second-order valence-electron chi connectivity index (χ2n) is 24.9. The summed E-state index contributed by atoms with van der Waals surface area (Å²) in [7, 11) is 5.72. The largest absolute Gasteiger partial charge is 1.00 e. The predicted octanol–water partition coefficient (Wildman–Crippen LogP) is 5.06. The molecule has 2 aromatic carbocycles. The predicted molar refractivity (Wildman–Crippen MR) is 313 cm³/mol. The first-order valence-corrected chi connectivity index (χ1v) is 32.1. The van der Waals surface area contributed by atoms with Gasteiger partial charge in [0.15, 0.2) is 18.7 Å². The van der Waals surface area contributed by atoms with E-state index in [-0.39, 0.29) is 54.3 Å². The molecule has 3 heterocycles. The summed E-state index contributed by atoms with van der Waals surface area (Å²) in [5.41, 5.74) is -4.56. The first-order chi connectivity index (χ1) is 37.2. The Bertz CT molecular complexity index is 2090. The number of halogens is 1. The Balaban J connectivity index is 0.0000138. The third-order valence-electron chi connectivity index (χ3n) is 17.9. The summed E-state index contributed by atoms with van der Waals surface area (Å²) < 4.78 is 44.7. The highest BCUT2D eigenvalue weighted by atomic mass is 79.9. The van der Waals surface area contributed by atoms with Crippen molar-refractivity contribution in [3.63, 3.8) is 0 Å². The summed E-state index contributed by atoms with van der Waals surface area (Å²) in [6.45, 7) is 21.1. The van der Waals surface area contributed by atoms with E-state index >= 15 is 0 Å². The molecule has 3 aliphatic heterocycles. The molecule has 5 N–H and O–H groups in total. The van der Waals surface area contributed by atoms with Gasteiger partial charge in [0, 0.05) is 44.6 Å². The number of hydrogen-bond donors (Lipinski definition) is 5. The summed E-state index contributed by atoms with van der Waals surface area (Å²) in [6.07, 6.45) is 0.619. The van der Waals surface area contributed by atoms with E-state index in [0.717, 1.165) is 25.7 Å². The van der Waals surface area contributed by atoms with Crippen LogP contribution in [0.2, 0.25) is 0 Å². The molecule has 1 amide bonds. The van der Waals surface area contributed by atoms with E-state index in [1.165, 1.54) is 49.6 Å². The smallest absolute Gasteiger partial charge is 0.407 e. The molecule has 0 aliphatic carbocycles. The minimum Gasteiger partial charge on any atom is -1.00 e. The van der Waals surface area contributed by atoms with Crippen molar-refractivity contribution in [2.75, 3.05) is 54.2 Å². The van der Waals surface area contributed by atoms with Gasteiger partial charge < -0.3 is 80.8 Å². The molecule has 3 fully saturated rings. The van der Waals surface area contributed by atoms with Gasteiger partial charge in [0.2, 0.25) is 0 Å². The number of likely N-dealkylation sites (N-methyl/N-ethyl adjacent to an activating group) is 2. The first-order valence-electron chi connectivity index (χ1n) is 29.7. The van der Waals surface area contributed by atoms with Crippen molar-refractivity contribution in [2.24, 2.45) is 17.8 Å². The minimum absolute atomic E-state index is 0. The van der Waals surface area contributed by atoms with Crippen molar-refractivity contribution in [3.8, 4) is 0 Å². The van der Waals surface area contributed by atoms with Crippen LogP contribution in [0.15, 0.2) is 60.7 Å². The lowest BCUT2D eigenvalue weighted by molar-refractivity contribution is -0.318. The lowest BCUT2D eigenvalue weighted by atomic mass is 9.77. The highest BCUT2D eigenvalue weighted by Crippen LogP contribution is 2.53. The van der Waals surface area contributed by atoms with E-state index in [0.29, 0.717) is 19.5 Å². The molecule has 0 saturated carbocycles. The number of unbranched alkanes of at least 4 members (excludes halogenated alkanes) is 7. The standard InChI is InChI=1S/C62H104N3O13P.BrH/c1-16-50-62(10,71)56(78-59(69)63-35-29-21-19-17-18-20-22-30-36-79(15,47-31-25-23-26-32-47)48-33-27-24-28-34-48)45(6)65(13)40-41(2)38-60(8,70)55(77-58-52(66)49(64(11)12)37-42(3)73-58)43(4)53(44(5)57(68)75-50)76-51-39-61(9,72-14)54(67)46(7)74-51;/h23-28,31-34,41-46,49-56,58,66-67,70-71H,16-22,29-30,35-40H2,1-15H3;1H/t41-,42-,43+,44-,45-,46+,49+,50-,51+,52-,53+,54+,55-,56-,58+,60-,61-,62-;/m1./s1. The van der Waals surface area contributed by atoms with Crippen LogP contribution in [0.4, 0.5) is 4.79 Å². The lowest BCUT2D eigenvalue weighted by Crippen LogP contribution is -3.00. The van der Waals surface area contributed by atoms with Crippen LogP contribution < -0.4 is 32.9 Å². The fourth-order valence-electron chi connectivity index (χ4n) is 12.8. The second-order valence-corrected chi connectivity index (χ2v) is 28.8. The number of methoxy groups -OCH3 is 1. The molecule has 3 saturated heterocycles. The number of carbonyl (C=O) groups excluding carboxylic acids is 2. The van der Waals surface area contributed by atoms with Crippen molar-refractivity contribution < 1.29 is 80.2 Å². The normalized spacial score (nSPS) is 36.2. The molecule has 18 heteroatoms. The Morgan fingerprint density at radius 3 is 1.94 bits per heavy atom. The molecule has 3 aliphatic rings. The number of hydrogen-bond acceptors (Lipinski definition) is 15. The number of nitrogens with one attached hydrogen (secondary N) is 1. The number of nitrogens with zero attached hydrogens (tertiary/aromatic N) is 2. The zero-order chi connectivity index (χ0) is 58.5. The van der Waals surface area contributed by atoms with Crippen LogP contribution >= 0.6 is 7.26 Å². The van der Waals surface area contributed by atoms with Crippen LogP contribution in [0, 0.1) is 17.8 Å². The van der Waals surface area contributed by atoms with Gasteiger partial charge in [-0.15, -0.1) is 0 Å². The summed E-state index contributed by atoms with van der Waals surface area (Å²) >= 11 is 0. The van der Waals surface area contributed by atoms with Crippen molar-refractivity contribution in [2.45, 2.75) is 237 Å². The molecule has 80 heavy (non-hydrogen) atoms. The molecule has 0 spiro atoms. The maximum absolute atomic E-state index is 14.8. The lowest BCUT2D eigenvalue weighted by Gasteiger charge is -2.48. The van der Waals surface area contributed by atoms with Gasteiger partial charge in [-0.05, 0) is 138 Å². The third kappa shape index (κ3) is 18.3. The number of aliphatic hydroxyl groups is 4. The van der Waals surface area contributed by atoms with Gasteiger partial charge in [-0.1, -0.05) is 89.3 Å². The Kier molecular flexibility index (Phi) is 27.8. The molecule has 16 nitrogen and oxygen atoms in total. The number of benzene rings is 2. The zero-order valence-corrected chi connectivity index (χ0v) is 53.7. The summed E-state index contributed by atoms with van der Waals surface area (Å²) in [5, 5.41) is 54.3. The van der Waals surface area contributed by atoms with Crippen molar-refractivity contribution in [1.29, 1.82) is 0 Å². The summed E-state index contributed by atoms with van der Waals surface area (Å²) in [6, 6.07) is 21.1. The van der Waals surface area contributed by atoms with E-state index < -0.39 is 109 Å². The molecular formula is C62H105BrN3O13P. The van der Waals surface area contributed by atoms with Crippen LogP contribution in [-0.2, 0) is 38.0 Å². The minimum atomic E-state index is -1.88. The number of alkyl carbamates (subject to hydrolysis) is 1. The Labute approximate surface area is 492 Å². The fraction of sp³-hybridized carbons (Fsp3) is 0.774. The highest BCUT2D eigenvalue weighted by molar-refractivity contribution is 7.88. The molecule has 0 aromatic heterocycles. The Morgan fingerprint density at radius 1 is 0.825 bits per heavy atom. The first kappa shape index (κ1) is 70.1. The number of cyclic esters (lactones) is 1. The Morgan fingerprint density at radius 2 is 1.39 bits per heavy atom. The highest BCUT2D eigenvalue weighted by Gasteiger charge is 2.53. The van der Waals surface area contributed by atoms with Crippen LogP contribution in [-0.4, -0.2) is 187 Å². The van der Waals surface area contributed by atoms with Crippen molar-refractivity contribution in [1.82, 2.24) is 15.1 Å². The molecule has 5 rings (SSSR count). The number of carbonyl (C=O) groups is 2. The van der Waals surface area contributed by atoms with Gasteiger partial charge in [0.1, 0.15) is 23.9 Å². The maximum atomic E-state index is 14.8. The summed E-state index contributed by atoms with van der Waals surface area (Å²) in [5.74, 6) is -2.79. The van der Waals surface area contributed by atoms with Crippen molar-refractivity contribution in [3.05, 3.63) is 60.7 Å². The molecule has 0 radical (unpaired) electrons. The van der Waals surface area contributed by atoms with Gasteiger partial charge in [-0.25, -0.2) is 4.79 Å². The van der Waals surface area contributed by atoms with Gasteiger partial charge in [0.05, 0.1) is 72.2 Å². The number of amides is 1. The topological polar surface area (TPSA) is 198 Å². The van der Waals surface area contributed by atoms with E-state index in [9.17, 15) is 30.0 Å². The fourth-order valence-corrected chi connectivity index (χ4v) is 16.2. The summed E-state index contributed by atoms with van der Waals surface area (Å²) in [4.78, 5) is 32.6.